The molecule has 0 amide bonds. The van der Waals surface area contributed by atoms with Gasteiger partial charge < -0.3 is 15.3 Å². The third kappa shape index (κ3) is 19.3. The lowest BCUT2D eigenvalue weighted by Crippen LogP contribution is -2.45. The fraction of sp³-hybridized carbons (Fsp3) is 0.613. The average molecular weight is 533 g/mol. The van der Waals surface area contributed by atoms with Crippen molar-refractivity contribution in [3.05, 3.63) is 42.0 Å². The fourth-order valence-corrected chi connectivity index (χ4v) is 2.65. The van der Waals surface area contributed by atoms with Gasteiger partial charge >= 0.3 is 0 Å². The topological polar surface area (TPSA) is 84.9 Å². The number of allylic oxidation sites excluding steroid dienone is 1. The van der Waals surface area contributed by atoms with Crippen molar-refractivity contribution < 1.29 is 5.11 Å². The standard InChI is InChI=1S/C19H26N6O.2C3H8.3C2H6/c1-5-17(24-23-14(3)25-11-9-21-10-12-25)16-8-7-15(13-18(16)26)19(20-4)22-6-2;2*1-3-2;3*1-2/h5-8,13,21,26H,1,9-12H2,2-4H3;2*3H2,1-2H3;3*1-2H3/b20-19?,22-6?,23-14+,24-17+;;;;;. The molecule has 1 aromatic rings. The largest absolute Gasteiger partial charge is 0.507 e. The van der Waals surface area contributed by atoms with E-state index in [0.29, 0.717) is 17.1 Å². The molecular weight excluding hydrogens is 472 g/mol. The molecule has 1 fully saturated rings. The summed E-state index contributed by atoms with van der Waals surface area (Å²) in [6, 6.07) is 5.24. The van der Waals surface area contributed by atoms with Gasteiger partial charge in [0.1, 0.15) is 11.6 Å². The number of rotatable bonds is 4. The molecule has 0 aliphatic carbocycles. The van der Waals surface area contributed by atoms with E-state index in [1.807, 2.05) is 61.5 Å². The van der Waals surface area contributed by atoms with E-state index in [4.69, 9.17) is 0 Å². The third-order valence-corrected chi connectivity index (χ3v) is 4.07. The lowest BCUT2D eigenvalue weighted by Gasteiger charge is -2.28. The molecule has 1 saturated heterocycles. The molecule has 0 aromatic heterocycles. The molecule has 0 bridgehead atoms. The molecule has 1 aliphatic rings. The zero-order valence-corrected chi connectivity index (χ0v) is 27.0. The van der Waals surface area contributed by atoms with Crippen LogP contribution in [0.2, 0.25) is 0 Å². The van der Waals surface area contributed by atoms with Gasteiger partial charge in [0.2, 0.25) is 0 Å². The molecule has 0 atom stereocenters. The van der Waals surface area contributed by atoms with Crippen LogP contribution in [0, 0.1) is 0 Å². The van der Waals surface area contributed by atoms with Gasteiger partial charge in [-0.3, -0.25) is 4.99 Å². The van der Waals surface area contributed by atoms with Crippen molar-refractivity contribution in [2.75, 3.05) is 33.2 Å². The fourth-order valence-electron chi connectivity index (χ4n) is 2.65. The van der Waals surface area contributed by atoms with Crippen molar-refractivity contribution in [3.63, 3.8) is 0 Å². The van der Waals surface area contributed by atoms with Gasteiger partial charge in [-0.2, -0.15) is 0 Å². The molecule has 1 heterocycles. The maximum atomic E-state index is 10.4. The summed E-state index contributed by atoms with van der Waals surface area (Å²) >= 11 is 0. The summed E-state index contributed by atoms with van der Waals surface area (Å²) in [7, 11) is 1.66. The average Bonchev–Trinajstić information content (AvgIpc) is 2.97. The summed E-state index contributed by atoms with van der Waals surface area (Å²) in [5.74, 6) is 1.49. The van der Waals surface area contributed by atoms with Gasteiger partial charge in [0, 0.05) is 50.6 Å². The summed E-state index contributed by atoms with van der Waals surface area (Å²) in [4.78, 5) is 10.5. The molecule has 0 radical (unpaired) electrons. The van der Waals surface area contributed by atoms with Gasteiger partial charge in [-0.05, 0) is 32.1 Å². The van der Waals surface area contributed by atoms with Gasteiger partial charge in [-0.15, -0.1) is 10.2 Å². The minimum Gasteiger partial charge on any atom is -0.507 e. The second kappa shape index (κ2) is 32.2. The summed E-state index contributed by atoms with van der Waals surface area (Å²) in [5, 5.41) is 22.3. The number of hydrogen-bond acceptors (Lipinski definition) is 5. The lowest BCUT2D eigenvalue weighted by atomic mass is 10.1. The van der Waals surface area contributed by atoms with Crippen molar-refractivity contribution in [2.45, 2.75) is 95.9 Å². The molecule has 1 aromatic carbocycles. The van der Waals surface area contributed by atoms with Crippen LogP contribution >= 0.6 is 0 Å². The molecule has 7 heteroatoms. The van der Waals surface area contributed by atoms with Crippen LogP contribution in [0.1, 0.15) is 107 Å². The molecule has 2 rings (SSSR count). The maximum absolute atomic E-state index is 10.4. The monoisotopic (exact) mass is 532 g/mol. The van der Waals surface area contributed by atoms with E-state index in [9.17, 15) is 5.11 Å². The summed E-state index contributed by atoms with van der Waals surface area (Å²) < 4.78 is 0. The van der Waals surface area contributed by atoms with Crippen LogP contribution in [0.25, 0.3) is 0 Å². The van der Waals surface area contributed by atoms with Crippen LogP contribution in [-0.2, 0) is 0 Å². The van der Waals surface area contributed by atoms with Gasteiger partial charge in [0.15, 0.2) is 5.84 Å². The van der Waals surface area contributed by atoms with Crippen LogP contribution in [0.4, 0.5) is 0 Å². The number of aliphatic imine (C=N–C) groups is 2. The Labute approximate surface area is 236 Å². The van der Waals surface area contributed by atoms with Gasteiger partial charge in [0.05, 0.1) is 5.71 Å². The molecule has 2 N–H and O–H groups in total. The Bertz CT molecular complexity index is 790. The summed E-state index contributed by atoms with van der Waals surface area (Å²) in [6.07, 6.45) is 5.75. The normalized spacial score (nSPS) is 13.1. The molecular formula is C31H60N6O. The van der Waals surface area contributed by atoms with Crippen molar-refractivity contribution in [2.24, 2.45) is 20.2 Å². The van der Waals surface area contributed by atoms with Gasteiger partial charge in [-0.1, -0.05) is 94.7 Å². The summed E-state index contributed by atoms with van der Waals surface area (Å²) in [5.41, 5.74) is 1.81. The molecule has 1 aliphatic heterocycles. The highest BCUT2D eigenvalue weighted by Gasteiger charge is 2.12. The van der Waals surface area contributed by atoms with Crippen LogP contribution in [-0.4, -0.2) is 66.8 Å². The first-order valence-corrected chi connectivity index (χ1v) is 14.4. The van der Waals surface area contributed by atoms with Crippen molar-refractivity contribution in [1.29, 1.82) is 0 Å². The van der Waals surface area contributed by atoms with E-state index in [-0.39, 0.29) is 5.75 Å². The molecule has 0 unspecified atom stereocenters. The Morgan fingerprint density at radius 1 is 0.974 bits per heavy atom. The number of aromatic hydroxyl groups is 1. The quantitative estimate of drug-likeness (QED) is 0.234. The van der Waals surface area contributed by atoms with Gasteiger partial charge in [-0.25, -0.2) is 4.99 Å². The van der Waals surface area contributed by atoms with Crippen molar-refractivity contribution >= 4 is 23.6 Å². The van der Waals surface area contributed by atoms with E-state index in [1.165, 1.54) is 12.8 Å². The highest BCUT2D eigenvalue weighted by atomic mass is 16.3. The van der Waals surface area contributed by atoms with Crippen LogP contribution in [0.3, 0.4) is 0 Å². The molecule has 0 spiro atoms. The second-order valence-electron chi connectivity index (χ2n) is 7.15. The second-order valence-corrected chi connectivity index (χ2v) is 7.15. The van der Waals surface area contributed by atoms with E-state index in [2.05, 4.69) is 64.7 Å². The smallest absolute Gasteiger partial charge is 0.154 e. The number of nitrogens with zero attached hydrogens (tertiary/aromatic N) is 5. The Morgan fingerprint density at radius 2 is 1.47 bits per heavy atom. The molecule has 38 heavy (non-hydrogen) atoms. The van der Waals surface area contributed by atoms with E-state index in [0.717, 1.165) is 37.6 Å². The molecule has 0 saturated carbocycles. The first-order valence-electron chi connectivity index (χ1n) is 14.4. The first-order chi connectivity index (χ1) is 18.4. The highest BCUT2D eigenvalue weighted by molar-refractivity contribution is 6.11. The van der Waals surface area contributed by atoms with Gasteiger partial charge in [0.25, 0.3) is 0 Å². The maximum Gasteiger partial charge on any atom is 0.154 e. The predicted molar refractivity (Wildman–Crippen MR) is 175 cm³/mol. The molecule has 7 nitrogen and oxygen atoms in total. The minimum atomic E-state index is 0.0867. The Balaban J connectivity index is -0.000000416. The zero-order chi connectivity index (χ0) is 30.4. The highest BCUT2D eigenvalue weighted by Crippen LogP contribution is 2.21. The number of hydrogen-bond donors (Lipinski definition) is 2. The third-order valence-electron chi connectivity index (χ3n) is 4.07. The number of phenols is 1. The lowest BCUT2D eigenvalue weighted by molar-refractivity contribution is 0.355. The van der Waals surface area contributed by atoms with E-state index in [1.54, 1.807) is 31.5 Å². The summed E-state index contributed by atoms with van der Waals surface area (Å²) in [6.45, 7) is 31.7. The zero-order valence-electron chi connectivity index (χ0n) is 27.0. The Hall–Kier alpha value is -2.80. The molecule has 220 valence electrons. The van der Waals surface area contributed by atoms with Crippen LogP contribution in [0.15, 0.2) is 51.0 Å². The number of nitrogens with one attached hydrogen (secondary N) is 1. The number of amidine groups is 2. The number of phenolic OH excluding ortho intramolecular Hbond substituents is 1. The van der Waals surface area contributed by atoms with Crippen molar-refractivity contribution in [1.82, 2.24) is 10.2 Å². The van der Waals surface area contributed by atoms with Crippen LogP contribution < -0.4 is 5.32 Å². The van der Waals surface area contributed by atoms with Crippen molar-refractivity contribution in [3.8, 4) is 5.75 Å². The first kappa shape index (κ1) is 42.3. The Kier molecular flexibility index (Phi) is 35.9. The van der Waals surface area contributed by atoms with E-state index >= 15 is 0 Å². The minimum absolute atomic E-state index is 0.0867. The predicted octanol–water partition coefficient (Wildman–Crippen LogP) is 7.98. The number of benzene rings is 1. The Morgan fingerprint density at radius 3 is 1.87 bits per heavy atom. The van der Waals surface area contributed by atoms with E-state index < -0.39 is 0 Å². The van der Waals surface area contributed by atoms with Crippen LogP contribution in [0.5, 0.6) is 5.75 Å². The number of piperazine rings is 1. The SMILES string of the molecule is C=C/C(=N\N=C(/C)N1CCNCC1)c1ccc(C(N=CC)=NC)cc1O.CC.CC.CC.CCC.CCC.